The maximum absolute atomic E-state index is 11.9. The number of hydrogen-bond acceptors (Lipinski definition) is 5. The van der Waals surface area contributed by atoms with Crippen molar-refractivity contribution in [2.24, 2.45) is 5.73 Å². The highest BCUT2D eigenvalue weighted by Crippen LogP contribution is 2.23. The Bertz CT molecular complexity index is 869. The summed E-state index contributed by atoms with van der Waals surface area (Å²) in [6, 6.07) is 12.7. The first-order valence-electron chi connectivity index (χ1n) is 9.31. The standard InChI is InChI=1S/C22H25N3O3/c1-16(26)20-9-6-18(22(23)27)15-21(20)24-19-7-4-17(5-8-19)3-2-10-25-11-13-28-14-12-25/h2-9,15,24H,10-14H2,1H3,(H2,23,27). The molecule has 0 radical (unpaired) electrons. The molecule has 1 aliphatic heterocycles. The quantitative estimate of drug-likeness (QED) is 0.722. The van der Waals surface area contributed by atoms with Gasteiger partial charge in [0.2, 0.25) is 5.91 Å². The maximum atomic E-state index is 11.9. The van der Waals surface area contributed by atoms with Crippen LogP contribution in [0.25, 0.3) is 6.08 Å². The van der Waals surface area contributed by atoms with Gasteiger partial charge in [-0.2, -0.15) is 0 Å². The van der Waals surface area contributed by atoms with Gasteiger partial charge in [-0.1, -0.05) is 24.3 Å². The van der Waals surface area contributed by atoms with E-state index in [4.69, 9.17) is 10.5 Å². The molecule has 2 aromatic rings. The summed E-state index contributed by atoms with van der Waals surface area (Å²) in [5.74, 6) is -0.611. The van der Waals surface area contributed by atoms with E-state index in [9.17, 15) is 9.59 Å². The molecule has 6 heteroatoms. The van der Waals surface area contributed by atoms with Crippen molar-refractivity contribution in [1.82, 2.24) is 4.90 Å². The lowest BCUT2D eigenvalue weighted by molar-refractivity contribution is 0.0435. The third kappa shape index (κ3) is 5.28. The normalized spacial score (nSPS) is 14.9. The van der Waals surface area contributed by atoms with Crippen molar-refractivity contribution in [1.29, 1.82) is 0 Å². The molecule has 3 rings (SSSR count). The van der Waals surface area contributed by atoms with Gasteiger partial charge in [-0.15, -0.1) is 0 Å². The molecule has 0 saturated carbocycles. The van der Waals surface area contributed by atoms with Gasteiger partial charge in [0.1, 0.15) is 0 Å². The van der Waals surface area contributed by atoms with Crippen LogP contribution in [-0.2, 0) is 4.74 Å². The summed E-state index contributed by atoms with van der Waals surface area (Å²) in [5, 5.41) is 3.21. The summed E-state index contributed by atoms with van der Waals surface area (Å²) in [6.07, 6.45) is 4.24. The second kappa shape index (κ2) is 9.30. The van der Waals surface area contributed by atoms with Crippen molar-refractivity contribution < 1.29 is 14.3 Å². The summed E-state index contributed by atoms with van der Waals surface area (Å²) in [7, 11) is 0. The van der Waals surface area contributed by atoms with Crippen LogP contribution in [0.5, 0.6) is 0 Å². The topological polar surface area (TPSA) is 84.7 Å². The number of benzene rings is 2. The van der Waals surface area contributed by atoms with Crippen LogP contribution in [-0.4, -0.2) is 49.4 Å². The number of carbonyl (C=O) groups is 2. The second-order valence-corrected chi connectivity index (χ2v) is 6.74. The molecule has 2 aromatic carbocycles. The Morgan fingerprint density at radius 1 is 1.14 bits per heavy atom. The Kier molecular flexibility index (Phi) is 6.57. The minimum absolute atomic E-state index is 0.0822. The first-order valence-corrected chi connectivity index (χ1v) is 9.31. The third-order valence-corrected chi connectivity index (χ3v) is 4.65. The fraction of sp³-hybridized carbons (Fsp3) is 0.273. The van der Waals surface area contributed by atoms with E-state index >= 15 is 0 Å². The fourth-order valence-electron chi connectivity index (χ4n) is 3.06. The molecule has 0 aromatic heterocycles. The molecule has 28 heavy (non-hydrogen) atoms. The van der Waals surface area contributed by atoms with Crippen LogP contribution in [0, 0.1) is 0 Å². The summed E-state index contributed by atoms with van der Waals surface area (Å²) >= 11 is 0. The van der Waals surface area contributed by atoms with Gasteiger partial charge in [0, 0.05) is 36.4 Å². The SMILES string of the molecule is CC(=O)c1ccc(C(N)=O)cc1Nc1ccc(C=CCN2CCOCC2)cc1. The van der Waals surface area contributed by atoms with Gasteiger partial charge in [0.15, 0.2) is 5.78 Å². The van der Waals surface area contributed by atoms with Gasteiger partial charge in [-0.3, -0.25) is 14.5 Å². The van der Waals surface area contributed by atoms with E-state index in [1.165, 1.54) is 6.92 Å². The van der Waals surface area contributed by atoms with E-state index in [1.807, 2.05) is 24.3 Å². The molecule has 0 aliphatic carbocycles. The van der Waals surface area contributed by atoms with Gasteiger partial charge in [-0.25, -0.2) is 0 Å². The van der Waals surface area contributed by atoms with E-state index in [2.05, 4.69) is 22.4 Å². The molecule has 146 valence electrons. The molecular formula is C22H25N3O3. The van der Waals surface area contributed by atoms with Crippen LogP contribution >= 0.6 is 0 Å². The van der Waals surface area contributed by atoms with E-state index in [0.717, 1.165) is 44.1 Å². The second-order valence-electron chi connectivity index (χ2n) is 6.74. The van der Waals surface area contributed by atoms with Crippen molar-refractivity contribution in [2.75, 3.05) is 38.2 Å². The average molecular weight is 379 g/mol. The smallest absolute Gasteiger partial charge is 0.248 e. The Morgan fingerprint density at radius 3 is 2.50 bits per heavy atom. The number of ketones is 1. The minimum atomic E-state index is -0.529. The van der Waals surface area contributed by atoms with Crippen LogP contribution in [0.1, 0.15) is 33.2 Å². The Hall–Kier alpha value is -2.96. The van der Waals surface area contributed by atoms with Crippen molar-refractivity contribution >= 4 is 29.1 Å². The highest BCUT2D eigenvalue weighted by molar-refractivity contribution is 6.03. The molecule has 3 N–H and O–H groups in total. The number of rotatable bonds is 7. The van der Waals surface area contributed by atoms with Crippen LogP contribution in [0.2, 0.25) is 0 Å². The Morgan fingerprint density at radius 2 is 1.86 bits per heavy atom. The molecule has 1 heterocycles. The lowest BCUT2D eigenvalue weighted by Gasteiger charge is -2.25. The molecule has 1 fully saturated rings. The number of nitrogens with two attached hydrogens (primary N) is 1. The maximum Gasteiger partial charge on any atom is 0.248 e. The summed E-state index contributed by atoms with van der Waals surface area (Å²) in [6.45, 7) is 5.94. The first-order chi connectivity index (χ1) is 13.5. The number of hydrogen-bond donors (Lipinski definition) is 2. The van der Waals surface area contributed by atoms with E-state index in [1.54, 1.807) is 18.2 Å². The van der Waals surface area contributed by atoms with Crippen LogP contribution in [0.3, 0.4) is 0 Å². The number of nitrogens with one attached hydrogen (secondary N) is 1. The van der Waals surface area contributed by atoms with E-state index < -0.39 is 5.91 Å². The largest absolute Gasteiger partial charge is 0.379 e. The lowest BCUT2D eigenvalue weighted by Crippen LogP contribution is -2.36. The number of nitrogens with zero attached hydrogens (tertiary/aromatic N) is 1. The van der Waals surface area contributed by atoms with Gasteiger partial charge in [-0.05, 0) is 42.8 Å². The number of primary amides is 1. The van der Waals surface area contributed by atoms with Gasteiger partial charge in [0.05, 0.1) is 18.9 Å². The van der Waals surface area contributed by atoms with Crippen molar-refractivity contribution in [3.8, 4) is 0 Å². The fourth-order valence-corrected chi connectivity index (χ4v) is 3.06. The summed E-state index contributed by atoms with van der Waals surface area (Å²) < 4.78 is 5.35. The highest BCUT2D eigenvalue weighted by atomic mass is 16.5. The summed E-state index contributed by atoms with van der Waals surface area (Å²) in [5.41, 5.74) is 8.71. The van der Waals surface area contributed by atoms with Crippen molar-refractivity contribution in [2.45, 2.75) is 6.92 Å². The first kappa shape index (κ1) is 19.8. The molecule has 0 atom stereocenters. The van der Waals surface area contributed by atoms with Gasteiger partial charge >= 0.3 is 0 Å². The average Bonchev–Trinajstić information content (AvgIpc) is 2.70. The monoisotopic (exact) mass is 379 g/mol. The molecular weight excluding hydrogens is 354 g/mol. The molecule has 0 bridgehead atoms. The van der Waals surface area contributed by atoms with Crippen molar-refractivity contribution in [3.63, 3.8) is 0 Å². The molecule has 1 saturated heterocycles. The van der Waals surface area contributed by atoms with E-state index in [-0.39, 0.29) is 5.78 Å². The predicted molar refractivity (Wildman–Crippen MR) is 111 cm³/mol. The van der Waals surface area contributed by atoms with Crippen LogP contribution in [0.15, 0.2) is 48.5 Å². The van der Waals surface area contributed by atoms with E-state index in [0.29, 0.717) is 16.8 Å². The van der Waals surface area contributed by atoms with Crippen LogP contribution in [0.4, 0.5) is 11.4 Å². The third-order valence-electron chi connectivity index (χ3n) is 4.65. The Balaban J connectivity index is 1.67. The molecule has 6 nitrogen and oxygen atoms in total. The zero-order valence-electron chi connectivity index (χ0n) is 16.0. The molecule has 0 spiro atoms. The predicted octanol–water partition coefficient (Wildman–Crippen LogP) is 3.08. The Labute approximate surface area is 165 Å². The van der Waals surface area contributed by atoms with Crippen molar-refractivity contribution in [3.05, 3.63) is 65.2 Å². The number of anilines is 2. The van der Waals surface area contributed by atoms with Crippen LogP contribution < -0.4 is 11.1 Å². The van der Waals surface area contributed by atoms with Gasteiger partial charge in [0.25, 0.3) is 0 Å². The lowest BCUT2D eigenvalue weighted by atomic mass is 10.0. The summed E-state index contributed by atoms with van der Waals surface area (Å²) in [4.78, 5) is 25.7. The van der Waals surface area contributed by atoms with Gasteiger partial charge < -0.3 is 15.8 Å². The minimum Gasteiger partial charge on any atom is -0.379 e. The zero-order valence-corrected chi connectivity index (χ0v) is 16.0. The number of morpholine rings is 1. The number of ether oxygens (including phenoxy) is 1. The highest BCUT2D eigenvalue weighted by Gasteiger charge is 2.11. The molecule has 1 amide bonds. The zero-order chi connectivity index (χ0) is 19.9. The number of amides is 1. The molecule has 0 unspecified atom stereocenters. The number of Topliss-reactive ketones (excluding diaryl/α,β-unsaturated/α-hetero) is 1. The molecule has 1 aliphatic rings. The number of carbonyl (C=O) groups excluding carboxylic acids is 2.